The van der Waals surface area contributed by atoms with Crippen LogP contribution >= 0.6 is 15.9 Å². The smallest absolute Gasteiger partial charge is 0.283 e. The zero-order chi connectivity index (χ0) is 14.9. The van der Waals surface area contributed by atoms with E-state index < -0.39 is 0 Å². The van der Waals surface area contributed by atoms with Gasteiger partial charge in [-0.3, -0.25) is 4.79 Å². The molecule has 1 aromatic heterocycles. The fourth-order valence-electron chi connectivity index (χ4n) is 2.54. The molecule has 7 heteroatoms. The highest BCUT2D eigenvalue weighted by Gasteiger charge is 2.48. The Kier molecular flexibility index (Phi) is 4.51. The third-order valence-corrected chi connectivity index (χ3v) is 4.86. The summed E-state index contributed by atoms with van der Waals surface area (Å²) < 4.78 is 7.09. The average molecular weight is 346 g/mol. The van der Waals surface area contributed by atoms with Gasteiger partial charge in [-0.05, 0) is 22.4 Å². The molecule has 0 aromatic carbocycles. The van der Waals surface area contributed by atoms with Crippen LogP contribution in [-0.2, 0) is 11.3 Å². The molecule has 0 aliphatic heterocycles. The molecule has 0 radical (unpaired) electrons. The largest absolute Gasteiger partial charge is 0.394 e. The third-order valence-electron chi connectivity index (χ3n) is 4.09. The molecular formula is C13H20BrN3O3. The number of nitrogens with zero attached hydrogens (tertiary/aromatic N) is 2. The maximum atomic E-state index is 12.0. The highest BCUT2D eigenvalue weighted by molar-refractivity contribution is 9.10. The van der Waals surface area contributed by atoms with Crippen LogP contribution in [0, 0.1) is 5.41 Å². The van der Waals surface area contributed by atoms with Crippen molar-refractivity contribution in [2.75, 3.05) is 19.0 Å². The lowest BCUT2D eigenvalue weighted by molar-refractivity contribution is -0.0794. The Morgan fingerprint density at radius 2 is 2.35 bits per heavy atom. The van der Waals surface area contributed by atoms with Crippen molar-refractivity contribution in [3.8, 4) is 0 Å². The fourth-order valence-corrected chi connectivity index (χ4v) is 2.96. The molecule has 2 unspecified atom stereocenters. The van der Waals surface area contributed by atoms with E-state index in [4.69, 9.17) is 9.84 Å². The standard InChI is InChI=1S/C13H20BrN3O3/c1-13(2)9(6-10(13)20-3)16-8-7-15-17(4-5-18)12(19)11(8)14/h7,9-10,16,18H,4-6H2,1-3H3. The highest BCUT2D eigenvalue weighted by atomic mass is 79.9. The van der Waals surface area contributed by atoms with Crippen LogP contribution < -0.4 is 10.9 Å². The summed E-state index contributed by atoms with van der Waals surface area (Å²) in [6.45, 7) is 4.35. The number of hydrogen-bond donors (Lipinski definition) is 2. The highest BCUT2D eigenvalue weighted by Crippen LogP contribution is 2.44. The predicted octanol–water partition coefficient (Wildman–Crippen LogP) is 1.22. The van der Waals surface area contributed by atoms with Crippen LogP contribution in [0.5, 0.6) is 0 Å². The lowest BCUT2D eigenvalue weighted by Crippen LogP contribution is -2.57. The number of aromatic nitrogens is 2. The van der Waals surface area contributed by atoms with Gasteiger partial charge in [0.15, 0.2) is 0 Å². The lowest BCUT2D eigenvalue weighted by atomic mass is 9.64. The van der Waals surface area contributed by atoms with Gasteiger partial charge in [-0.1, -0.05) is 13.8 Å². The van der Waals surface area contributed by atoms with E-state index in [0.717, 1.165) is 6.42 Å². The normalized spacial score (nSPS) is 24.2. The minimum absolute atomic E-state index is 0.00809. The number of ether oxygens (including phenoxy) is 1. The van der Waals surface area contributed by atoms with Gasteiger partial charge >= 0.3 is 0 Å². The first-order valence-corrected chi connectivity index (χ1v) is 7.37. The molecule has 20 heavy (non-hydrogen) atoms. The first kappa shape index (κ1) is 15.5. The Balaban J connectivity index is 2.16. The van der Waals surface area contributed by atoms with Crippen LogP contribution in [-0.4, -0.2) is 40.7 Å². The summed E-state index contributed by atoms with van der Waals surface area (Å²) in [5, 5.41) is 16.3. The Morgan fingerprint density at radius 1 is 1.65 bits per heavy atom. The summed E-state index contributed by atoms with van der Waals surface area (Å²) >= 11 is 3.30. The maximum absolute atomic E-state index is 12.0. The fraction of sp³-hybridized carbons (Fsp3) is 0.692. The molecule has 1 aromatic rings. The zero-order valence-corrected chi connectivity index (χ0v) is 13.5. The number of anilines is 1. The SMILES string of the molecule is COC1CC(Nc2cnn(CCO)c(=O)c2Br)C1(C)C. The molecule has 0 spiro atoms. The van der Waals surface area contributed by atoms with Crippen LogP contribution in [0.25, 0.3) is 0 Å². The summed E-state index contributed by atoms with van der Waals surface area (Å²) in [5.41, 5.74) is 0.440. The van der Waals surface area contributed by atoms with Crippen LogP contribution in [0.1, 0.15) is 20.3 Å². The van der Waals surface area contributed by atoms with Crippen molar-refractivity contribution in [1.29, 1.82) is 0 Å². The number of rotatable bonds is 5. The van der Waals surface area contributed by atoms with Crippen LogP contribution in [0.3, 0.4) is 0 Å². The second-order valence-electron chi connectivity index (χ2n) is 5.60. The van der Waals surface area contributed by atoms with Gasteiger partial charge in [0.1, 0.15) is 4.47 Å². The van der Waals surface area contributed by atoms with Crippen molar-refractivity contribution in [3.63, 3.8) is 0 Å². The minimum atomic E-state index is -0.246. The number of hydrogen-bond acceptors (Lipinski definition) is 5. The second-order valence-corrected chi connectivity index (χ2v) is 6.40. The molecule has 1 fully saturated rings. The second kappa shape index (κ2) is 5.83. The molecule has 2 atom stereocenters. The molecule has 1 aliphatic rings. The van der Waals surface area contributed by atoms with Crippen molar-refractivity contribution in [2.45, 2.75) is 39.0 Å². The molecule has 1 aliphatic carbocycles. The number of aliphatic hydroxyl groups excluding tert-OH is 1. The van der Waals surface area contributed by atoms with Gasteiger partial charge in [0.2, 0.25) is 0 Å². The quantitative estimate of drug-likeness (QED) is 0.839. The molecule has 6 nitrogen and oxygen atoms in total. The average Bonchev–Trinajstić information content (AvgIpc) is 2.41. The minimum Gasteiger partial charge on any atom is -0.394 e. The van der Waals surface area contributed by atoms with Gasteiger partial charge in [0, 0.05) is 18.6 Å². The first-order valence-electron chi connectivity index (χ1n) is 6.57. The topological polar surface area (TPSA) is 76.4 Å². The van der Waals surface area contributed by atoms with Crippen molar-refractivity contribution >= 4 is 21.6 Å². The zero-order valence-electron chi connectivity index (χ0n) is 11.9. The van der Waals surface area contributed by atoms with Crippen molar-refractivity contribution in [1.82, 2.24) is 9.78 Å². The summed E-state index contributed by atoms with van der Waals surface area (Å²) in [4.78, 5) is 12.0. The number of methoxy groups -OCH3 is 1. The Hall–Kier alpha value is -0.920. The van der Waals surface area contributed by atoms with E-state index in [1.165, 1.54) is 4.68 Å². The summed E-state index contributed by atoms with van der Waals surface area (Å²) in [7, 11) is 1.72. The van der Waals surface area contributed by atoms with Crippen molar-refractivity contribution in [3.05, 3.63) is 21.0 Å². The number of aliphatic hydroxyl groups is 1. The molecule has 112 valence electrons. The van der Waals surface area contributed by atoms with Gasteiger partial charge in [0.05, 0.1) is 31.1 Å². The number of halogens is 1. The van der Waals surface area contributed by atoms with Crippen molar-refractivity contribution in [2.24, 2.45) is 5.41 Å². The summed E-state index contributed by atoms with van der Waals surface area (Å²) in [5.74, 6) is 0. The monoisotopic (exact) mass is 345 g/mol. The van der Waals surface area contributed by atoms with Crippen LogP contribution in [0.15, 0.2) is 15.5 Å². The van der Waals surface area contributed by atoms with E-state index in [1.807, 2.05) is 0 Å². The van der Waals surface area contributed by atoms with Gasteiger partial charge in [0.25, 0.3) is 5.56 Å². The van der Waals surface area contributed by atoms with Crippen LogP contribution in [0.2, 0.25) is 0 Å². The van der Waals surface area contributed by atoms with Gasteiger partial charge in [-0.25, -0.2) is 4.68 Å². The summed E-state index contributed by atoms with van der Waals surface area (Å²) in [6.07, 6.45) is 2.73. The van der Waals surface area contributed by atoms with Crippen molar-refractivity contribution < 1.29 is 9.84 Å². The molecule has 0 bridgehead atoms. The lowest BCUT2D eigenvalue weighted by Gasteiger charge is -2.51. The van der Waals surface area contributed by atoms with Crippen LogP contribution in [0.4, 0.5) is 5.69 Å². The van der Waals surface area contributed by atoms with Gasteiger partial charge < -0.3 is 15.2 Å². The summed E-state index contributed by atoms with van der Waals surface area (Å²) in [6, 6.07) is 0.235. The Bertz CT molecular complexity index is 544. The van der Waals surface area contributed by atoms with E-state index in [-0.39, 0.29) is 36.3 Å². The molecule has 0 saturated heterocycles. The van der Waals surface area contributed by atoms with Gasteiger partial charge in [-0.15, -0.1) is 0 Å². The van der Waals surface area contributed by atoms with E-state index in [2.05, 4.69) is 40.2 Å². The maximum Gasteiger partial charge on any atom is 0.283 e. The van der Waals surface area contributed by atoms with Gasteiger partial charge in [-0.2, -0.15) is 5.10 Å². The third kappa shape index (κ3) is 2.62. The molecule has 0 amide bonds. The Morgan fingerprint density at radius 3 is 2.90 bits per heavy atom. The molecule has 2 N–H and O–H groups in total. The molecule has 2 rings (SSSR count). The van der Waals surface area contributed by atoms with E-state index >= 15 is 0 Å². The predicted molar refractivity (Wildman–Crippen MR) is 79.9 cm³/mol. The van der Waals surface area contributed by atoms with E-state index in [1.54, 1.807) is 13.3 Å². The van der Waals surface area contributed by atoms with E-state index in [9.17, 15) is 4.79 Å². The first-order chi connectivity index (χ1) is 9.41. The molecular weight excluding hydrogens is 326 g/mol. The van der Waals surface area contributed by atoms with E-state index in [0.29, 0.717) is 10.2 Å². The molecule has 1 saturated carbocycles. The Labute approximate surface area is 126 Å². The number of nitrogens with one attached hydrogen (secondary N) is 1. The molecule has 1 heterocycles.